The maximum atomic E-state index is 11.7. The first-order valence-electron chi connectivity index (χ1n) is 6.14. The van der Waals surface area contributed by atoms with Crippen LogP contribution in [0.2, 0.25) is 0 Å². The Morgan fingerprint density at radius 2 is 1.88 bits per heavy atom. The van der Waals surface area contributed by atoms with E-state index >= 15 is 0 Å². The Morgan fingerprint density at radius 3 is 2.38 bits per heavy atom. The van der Waals surface area contributed by atoms with Crippen LogP contribution in [0.3, 0.4) is 0 Å². The van der Waals surface area contributed by atoms with Gasteiger partial charge in [0.05, 0.1) is 5.75 Å². The minimum Gasteiger partial charge on any atom is -0.314 e. The number of hydrogen-bond donors (Lipinski definition) is 2. The SMILES string of the molecule is CC(C)C(C)NS(=O)(=O)CCCNC1CC1. The molecular weight excluding hydrogens is 224 g/mol. The van der Waals surface area contributed by atoms with E-state index in [0.717, 1.165) is 6.54 Å². The molecule has 4 nitrogen and oxygen atoms in total. The van der Waals surface area contributed by atoms with Gasteiger partial charge in [-0.25, -0.2) is 13.1 Å². The summed E-state index contributed by atoms with van der Waals surface area (Å²) in [7, 11) is -3.09. The summed E-state index contributed by atoms with van der Waals surface area (Å²) in [5.74, 6) is 0.559. The van der Waals surface area contributed by atoms with Gasteiger partial charge in [-0.15, -0.1) is 0 Å². The van der Waals surface area contributed by atoms with Crippen molar-refractivity contribution in [2.75, 3.05) is 12.3 Å². The minimum atomic E-state index is -3.09. The van der Waals surface area contributed by atoms with Crippen LogP contribution in [-0.4, -0.2) is 32.8 Å². The van der Waals surface area contributed by atoms with E-state index in [-0.39, 0.29) is 11.8 Å². The molecule has 0 saturated heterocycles. The summed E-state index contributed by atoms with van der Waals surface area (Å²) in [5.41, 5.74) is 0. The van der Waals surface area contributed by atoms with Crippen molar-refractivity contribution in [1.29, 1.82) is 0 Å². The van der Waals surface area contributed by atoms with Gasteiger partial charge in [-0.1, -0.05) is 13.8 Å². The zero-order valence-electron chi connectivity index (χ0n) is 10.5. The third kappa shape index (κ3) is 5.82. The Labute approximate surface area is 99.2 Å². The van der Waals surface area contributed by atoms with Crippen molar-refractivity contribution < 1.29 is 8.42 Å². The topological polar surface area (TPSA) is 58.2 Å². The van der Waals surface area contributed by atoms with E-state index < -0.39 is 10.0 Å². The lowest BCUT2D eigenvalue weighted by molar-refractivity contribution is 0.475. The molecule has 5 heteroatoms. The van der Waals surface area contributed by atoms with E-state index in [4.69, 9.17) is 0 Å². The fourth-order valence-electron chi connectivity index (χ4n) is 1.33. The largest absolute Gasteiger partial charge is 0.314 e. The molecule has 0 radical (unpaired) electrons. The van der Waals surface area contributed by atoms with Gasteiger partial charge in [0.1, 0.15) is 0 Å². The normalized spacial score (nSPS) is 19.0. The summed E-state index contributed by atoms with van der Waals surface area (Å²) < 4.78 is 26.0. The van der Waals surface area contributed by atoms with Crippen LogP contribution in [0, 0.1) is 5.92 Å². The van der Waals surface area contributed by atoms with Crippen molar-refractivity contribution >= 4 is 10.0 Å². The molecule has 1 rings (SSSR count). The van der Waals surface area contributed by atoms with Gasteiger partial charge in [0, 0.05) is 12.1 Å². The molecule has 0 aromatic carbocycles. The predicted molar refractivity (Wildman–Crippen MR) is 66.9 cm³/mol. The number of rotatable bonds is 8. The van der Waals surface area contributed by atoms with Crippen LogP contribution < -0.4 is 10.0 Å². The molecule has 0 spiro atoms. The van der Waals surface area contributed by atoms with Crippen LogP contribution in [0.15, 0.2) is 0 Å². The lowest BCUT2D eigenvalue weighted by Gasteiger charge is -2.17. The van der Waals surface area contributed by atoms with E-state index in [0.29, 0.717) is 18.4 Å². The van der Waals surface area contributed by atoms with Crippen LogP contribution >= 0.6 is 0 Å². The molecule has 0 aromatic heterocycles. The van der Waals surface area contributed by atoms with Crippen molar-refractivity contribution in [3.8, 4) is 0 Å². The maximum Gasteiger partial charge on any atom is 0.211 e. The Balaban J connectivity index is 2.16. The van der Waals surface area contributed by atoms with Crippen LogP contribution in [0.4, 0.5) is 0 Å². The molecule has 1 unspecified atom stereocenters. The molecule has 0 bridgehead atoms. The molecule has 16 heavy (non-hydrogen) atoms. The standard InChI is InChI=1S/C11H24N2O2S/c1-9(2)10(3)13-16(14,15)8-4-7-12-11-5-6-11/h9-13H,4-8H2,1-3H3. The second kappa shape index (κ2) is 5.98. The van der Waals surface area contributed by atoms with Gasteiger partial charge < -0.3 is 5.32 Å². The highest BCUT2D eigenvalue weighted by Crippen LogP contribution is 2.18. The fraction of sp³-hybridized carbons (Fsp3) is 1.00. The highest BCUT2D eigenvalue weighted by atomic mass is 32.2. The van der Waals surface area contributed by atoms with Gasteiger partial charge in [0.2, 0.25) is 10.0 Å². The molecule has 0 aliphatic heterocycles. The van der Waals surface area contributed by atoms with Gasteiger partial charge in [-0.2, -0.15) is 0 Å². The van der Waals surface area contributed by atoms with Crippen molar-refractivity contribution in [3.05, 3.63) is 0 Å². The third-order valence-corrected chi connectivity index (χ3v) is 4.52. The van der Waals surface area contributed by atoms with E-state index in [1.807, 2.05) is 20.8 Å². The number of hydrogen-bond acceptors (Lipinski definition) is 3. The Morgan fingerprint density at radius 1 is 1.25 bits per heavy atom. The van der Waals surface area contributed by atoms with Crippen molar-refractivity contribution in [2.24, 2.45) is 5.92 Å². The van der Waals surface area contributed by atoms with E-state index in [9.17, 15) is 8.42 Å². The molecule has 1 aliphatic carbocycles. The molecule has 96 valence electrons. The second-order valence-electron chi connectivity index (χ2n) is 5.05. The van der Waals surface area contributed by atoms with E-state index in [1.165, 1.54) is 12.8 Å². The summed E-state index contributed by atoms with van der Waals surface area (Å²) in [5, 5.41) is 3.31. The first-order chi connectivity index (χ1) is 7.41. The Bertz CT molecular complexity index is 297. The second-order valence-corrected chi connectivity index (χ2v) is 6.92. The average molecular weight is 248 g/mol. The molecule has 1 saturated carbocycles. The third-order valence-electron chi connectivity index (χ3n) is 2.97. The average Bonchev–Trinajstić information content (AvgIpc) is 2.95. The lowest BCUT2D eigenvalue weighted by atomic mass is 10.1. The zero-order valence-corrected chi connectivity index (χ0v) is 11.3. The van der Waals surface area contributed by atoms with Crippen LogP contribution in [-0.2, 0) is 10.0 Å². The predicted octanol–water partition coefficient (Wildman–Crippen LogP) is 1.09. The first-order valence-corrected chi connectivity index (χ1v) is 7.79. The monoisotopic (exact) mass is 248 g/mol. The molecular formula is C11H24N2O2S. The summed E-state index contributed by atoms with van der Waals surface area (Å²) >= 11 is 0. The number of sulfonamides is 1. The van der Waals surface area contributed by atoms with Gasteiger partial charge in [0.25, 0.3) is 0 Å². The fourth-order valence-corrected chi connectivity index (χ4v) is 2.81. The van der Waals surface area contributed by atoms with Crippen molar-refractivity contribution in [3.63, 3.8) is 0 Å². The van der Waals surface area contributed by atoms with Gasteiger partial charge in [0.15, 0.2) is 0 Å². The Hall–Kier alpha value is -0.130. The highest BCUT2D eigenvalue weighted by Gasteiger charge is 2.20. The van der Waals surface area contributed by atoms with Crippen LogP contribution in [0.1, 0.15) is 40.0 Å². The van der Waals surface area contributed by atoms with Crippen LogP contribution in [0.5, 0.6) is 0 Å². The summed E-state index contributed by atoms with van der Waals surface area (Å²) in [6.45, 7) is 6.75. The van der Waals surface area contributed by atoms with Crippen LogP contribution in [0.25, 0.3) is 0 Å². The van der Waals surface area contributed by atoms with Crippen molar-refractivity contribution in [2.45, 2.75) is 52.1 Å². The molecule has 0 aromatic rings. The summed E-state index contributed by atoms with van der Waals surface area (Å²) in [6.07, 6.45) is 3.18. The molecule has 0 heterocycles. The minimum absolute atomic E-state index is 0.0152. The highest BCUT2D eigenvalue weighted by molar-refractivity contribution is 7.89. The smallest absolute Gasteiger partial charge is 0.211 e. The molecule has 1 atom stereocenters. The van der Waals surface area contributed by atoms with Crippen molar-refractivity contribution in [1.82, 2.24) is 10.0 Å². The quantitative estimate of drug-likeness (QED) is 0.632. The van der Waals surface area contributed by atoms with Gasteiger partial charge >= 0.3 is 0 Å². The van der Waals surface area contributed by atoms with E-state index in [1.54, 1.807) is 0 Å². The first kappa shape index (κ1) is 13.9. The van der Waals surface area contributed by atoms with E-state index in [2.05, 4.69) is 10.0 Å². The van der Waals surface area contributed by atoms with Gasteiger partial charge in [-0.3, -0.25) is 0 Å². The lowest BCUT2D eigenvalue weighted by Crippen LogP contribution is -2.38. The maximum absolute atomic E-state index is 11.7. The molecule has 2 N–H and O–H groups in total. The van der Waals surface area contributed by atoms with Gasteiger partial charge in [-0.05, 0) is 38.6 Å². The zero-order chi connectivity index (χ0) is 12.2. The Kier molecular flexibility index (Phi) is 5.21. The molecule has 1 fully saturated rings. The number of nitrogens with one attached hydrogen (secondary N) is 2. The summed E-state index contributed by atoms with van der Waals surface area (Å²) in [4.78, 5) is 0. The summed E-state index contributed by atoms with van der Waals surface area (Å²) in [6, 6.07) is 0.673. The molecule has 1 aliphatic rings. The molecule has 0 amide bonds.